The molecule has 0 bridgehead atoms. The first kappa shape index (κ1) is 17.6. The Labute approximate surface area is 126 Å². The average Bonchev–Trinajstić information content (AvgIpc) is 2.80. The molecule has 4 nitrogen and oxygen atoms in total. The molecule has 0 aliphatic carbocycles. The number of rotatable bonds is 12. The summed E-state index contributed by atoms with van der Waals surface area (Å²) in [6, 6.07) is 2.24. The molecule has 0 saturated carbocycles. The molecule has 1 N–H and O–H groups in total. The van der Waals surface area contributed by atoms with Gasteiger partial charge in [-0.1, -0.05) is 6.92 Å². The summed E-state index contributed by atoms with van der Waals surface area (Å²) in [6.07, 6.45) is 0.938. The molecule has 0 spiro atoms. The molecular formula is C15H27NO3S. The maximum atomic E-state index is 5.65. The number of methoxy groups -OCH3 is 1. The van der Waals surface area contributed by atoms with Gasteiger partial charge in [0.25, 0.3) is 0 Å². The fraction of sp³-hybridized carbons (Fsp3) is 0.733. The summed E-state index contributed by atoms with van der Waals surface area (Å²) < 4.78 is 16.1. The molecule has 0 aliphatic rings. The van der Waals surface area contributed by atoms with Gasteiger partial charge in [-0.2, -0.15) is 0 Å². The number of thiophene rings is 1. The number of ether oxygens (including phenoxy) is 3. The van der Waals surface area contributed by atoms with Crippen LogP contribution < -0.4 is 5.32 Å². The van der Waals surface area contributed by atoms with E-state index in [0.717, 1.165) is 32.7 Å². The van der Waals surface area contributed by atoms with Gasteiger partial charge >= 0.3 is 0 Å². The minimum atomic E-state index is 0.644. The van der Waals surface area contributed by atoms with Crippen LogP contribution in [0.4, 0.5) is 0 Å². The van der Waals surface area contributed by atoms with Crippen molar-refractivity contribution in [3.05, 3.63) is 21.4 Å². The van der Waals surface area contributed by atoms with Crippen LogP contribution in [0.2, 0.25) is 0 Å². The van der Waals surface area contributed by atoms with Crippen molar-refractivity contribution in [3.63, 3.8) is 0 Å². The van der Waals surface area contributed by atoms with E-state index in [-0.39, 0.29) is 0 Å². The van der Waals surface area contributed by atoms with Crippen LogP contribution in [0.15, 0.2) is 6.07 Å². The lowest BCUT2D eigenvalue weighted by Crippen LogP contribution is -2.10. The van der Waals surface area contributed by atoms with E-state index in [1.165, 1.54) is 15.3 Å². The Hall–Kier alpha value is -0.460. The second-order valence-corrected chi connectivity index (χ2v) is 5.93. The number of aryl methyl sites for hydroxylation is 1. The lowest BCUT2D eigenvalue weighted by atomic mass is 10.2. The minimum absolute atomic E-state index is 0.644. The third-order valence-corrected chi connectivity index (χ3v) is 3.98. The average molecular weight is 301 g/mol. The lowest BCUT2D eigenvalue weighted by Gasteiger charge is -2.05. The van der Waals surface area contributed by atoms with Gasteiger partial charge in [-0.15, -0.1) is 11.3 Å². The van der Waals surface area contributed by atoms with Gasteiger partial charge < -0.3 is 19.5 Å². The molecule has 1 aromatic heterocycles. The van der Waals surface area contributed by atoms with E-state index in [2.05, 4.69) is 25.2 Å². The van der Waals surface area contributed by atoms with Crippen LogP contribution in [0.3, 0.4) is 0 Å². The normalized spacial score (nSPS) is 11.2. The van der Waals surface area contributed by atoms with E-state index in [1.54, 1.807) is 7.11 Å². The SMILES string of the molecule is CCNCc1cc(COCCOCCCOC)c(C)s1. The highest BCUT2D eigenvalue weighted by Crippen LogP contribution is 2.22. The van der Waals surface area contributed by atoms with Crippen molar-refractivity contribution in [2.45, 2.75) is 33.4 Å². The molecule has 116 valence electrons. The maximum Gasteiger partial charge on any atom is 0.0728 e. The van der Waals surface area contributed by atoms with E-state index >= 15 is 0 Å². The van der Waals surface area contributed by atoms with Crippen LogP contribution in [0, 0.1) is 6.92 Å². The summed E-state index contributed by atoms with van der Waals surface area (Å²) >= 11 is 1.84. The Kier molecular flexibility index (Phi) is 9.87. The molecule has 0 atom stereocenters. The Morgan fingerprint density at radius 3 is 2.70 bits per heavy atom. The first-order chi connectivity index (χ1) is 9.77. The number of hydrogen-bond acceptors (Lipinski definition) is 5. The predicted octanol–water partition coefficient (Wildman–Crippen LogP) is 2.74. The Bertz CT molecular complexity index is 355. The molecule has 1 rings (SSSR count). The second-order valence-electron chi connectivity index (χ2n) is 4.59. The summed E-state index contributed by atoms with van der Waals surface area (Å²) in [4.78, 5) is 2.72. The third-order valence-electron chi connectivity index (χ3n) is 2.89. The topological polar surface area (TPSA) is 39.7 Å². The fourth-order valence-electron chi connectivity index (χ4n) is 1.77. The first-order valence-corrected chi connectivity index (χ1v) is 8.03. The fourth-order valence-corrected chi connectivity index (χ4v) is 2.79. The summed E-state index contributed by atoms with van der Waals surface area (Å²) in [7, 11) is 1.70. The summed E-state index contributed by atoms with van der Waals surface area (Å²) in [6.45, 7) is 9.69. The van der Waals surface area contributed by atoms with E-state index in [1.807, 2.05) is 11.3 Å². The summed E-state index contributed by atoms with van der Waals surface area (Å²) in [5.74, 6) is 0. The van der Waals surface area contributed by atoms with E-state index in [4.69, 9.17) is 14.2 Å². The summed E-state index contributed by atoms with van der Waals surface area (Å²) in [5, 5.41) is 3.35. The van der Waals surface area contributed by atoms with Gasteiger partial charge in [0.2, 0.25) is 0 Å². The second kappa shape index (κ2) is 11.2. The molecular weight excluding hydrogens is 274 g/mol. The zero-order valence-corrected chi connectivity index (χ0v) is 13.7. The van der Waals surface area contributed by atoms with Gasteiger partial charge in [0.15, 0.2) is 0 Å². The number of nitrogens with one attached hydrogen (secondary N) is 1. The smallest absolute Gasteiger partial charge is 0.0728 e. The van der Waals surface area contributed by atoms with Crippen LogP contribution >= 0.6 is 11.3 Å². The van der Waals surface area contributed by atoms with Crippen LogP contribution in [-0.4, -0.2) is 40.1 Å². The summed E-state index contributed by atoms with van der Waals surface area (Å²) in [5.41, 5.74) is 1.29. The van der Waals surface area contributed by atoms with Crippen molar-refractivity contribution in [2.75, 3.05) is 40.1 Å². The molecule has 0 aromatic carbocycles. The van der Waals surface area contributed by atoms with Crippen LogP contribution in [0.5, 0.6) is 0 Å². The van der Waals surface area contributed by atoms with Crippen molar-refractivity contribution in [2.24, 2.45) is 0 Å². The van der Waals surface area contributed by atoms with Crippen molar-refractivity contribution in [1.82, 2.24) is 5.32 Å². The molecule has 0 amide bonds. The van der Waals surface area contributed by atoms with Gasteiger partial charge in [0.05, 0.1) is 19.8 Å². The van der Waals surface area contributed by atoms with Crippen molar-refractivity contribution in [1.29, 1.82) is 0 Å². The van der Waals surface area contributed by atoms with Gasteiger partial charge in [-0.05, 0) is 31.5 Å². The molecule has 5 heteroatoms. The molecule has 20 heavy (non-hydrogen) atoms. The Morgan fingerprint density at radius 2 is 1.95 bits per heavy atom. The zero-order valence-electron chi connectivity index (χ0n) is 12.9. The van der Waals surface area contributed by atoms with Crippen LogP contribution in [0.1, 0.15) is 28.7 Å². The van der Waals surface area contributed by atoms with E-state index < -0.39 is 0 Å². The molecule has 1 aromatic rings. The predicted molar refractivity (Wildman–Crippen MR) is 83.4 cm³/mol. The third kappa shape index (κ3) is 7.36. The highest BCUT2D eigenvalue weighted by atomic mass is 32.1. The molecule has 0 fully saturated rings. The molecule has 0 saturated heterocycles. The highest BCUT2D eigenvalue weighted by Gasteiger charge is 2.05. The number of hydrogen-bond donors (Lipinski definition) is 1. The van der Waals surface area contributed by atoms with Crippen LogP contribution in [0.25, 0.3) is 0 Å². The van der Waals surface area contributed by atoms with Gasteiger partial charge in [0.1, 0.15) is 0 Å². The largest absolute Gasteiger partial charge is 0.385 e. The standard InChI is InChI=1S/C15H27NO3S/c1-4-16-11-15-10-14(13(2)20-15)12-19-9-8-18-7-5-6-17-3/h10,16H,4-9,11-12H2,1-3H3. The van der Waals surface area contributed by atoms with Crippen molar-refractivity contribution in [3.8, 4) is 0 Å². The maximum absolute atomic E-state index is 5.65. The lowest BCUT2D eigenvalue weighted by molar-refractivity contribution is 0.0336. The van der Waals surface area contributed by atoms with Gasteiger partial charge in [-0.25, -0.2) is 0 Å². The molecule has 1 heterocycles. The quantitative estimate of drug-likeness (QED) is 0.603. The monoisotopic (exact) mass is 301 g/mol. The first-order valence-electron chi connectivity index (χ1n) is 7.21. The molecule has 0 radical (unpaired) electrons. The minimum Gasteiger partial charge on any atom is -0.385 e. The molecule has 0 aliphatic heterocycles. The highest BCUT2D eigenvalue weighted by molar-refractivity contribution is 7.12. The van der Waals surface area contributed by atoms with Crippen LogP contribution in [-0.2, 0) is 27.4 Å². The van der Waals surface area contributed by atoms with Crippen molar-refractivity contribution < 1.29 is 14.2 Å². The van der Waals surface area contributed by atoms with Gasteiger partial charge in [-0.3, -0.25) is 0 Å². The van der Waals surface area contributed by atoms with E-state index in [9.17, 15) is 0 Å². The molecule has 0 unspecified atom stereocenters. The zero-order chi connectivity index (χ0) is 14.6. The van der Waals surface area contributed by atoms with Gasteiger partial charge in [0, 0.05) is 36.6 Å². The van der Waals surface area contributed by atoms with E-state index in [0.29, 0.717) is 19.8 Å². The Morgan fingerprint density at radius 1 is 1.15 bits per heavy atom. The van der Waals surface area contributed by atoms with Crippen molar-refractivity contribution >= 4 is 11.3 Å². The Balaban J connectivity index is 2.10.